The lowest BCUT2D eigenvalue weighted by Crippen LogP contribution is -2.00. The lowest BCUT2D eigenvalue weighted by Gasteiger charge is -2.11. The Labute approximate surface area is 170 Å². The molecule has 2 aromatic heterocycles. The maximum Gasteiger partial charge on any atom is 0.270 e. The van der Waals surface area contributed by atoms with Gasteiger partial charge in [-0.1, -0.05) is 50.2 Å². The molecule has 0 amide bonds. The van der Waals surface area contributed by atoms with E-state index in [9.17, 15) is 0 Å². The second-order valence-electron chi connectivity index (χ2n) is 6.43. The number of hydrogen-bond donors (Lipinski definition) is 1. The minimum Gasteiger partial charge on any atom is -0.414 e. The van der Waals surface area contributed by atoms with Crippen LogP contribution in [0.2, 0.25) is 0 Å². The summed E-state index contributed by atoms with van der Waals surface area (Å²) in [6.07, 6.45) is 1.67. The van der Waals surface area contributed by atoms with Gasteiger partial charge in [0, 0.05) is 24.1 Å². The van der Waals surface area contributed by atoms with E-state index in [2.05, 4.69) is 35.1 Å². The highest BCUT2D eigenvalue weighted by atomic mass is 32.2. The van der Waals surface area contributed by atoms with Crippen LogP contribution in [0.3, 0.4) is 0 Å². The first kappa shape index (κ1) is 18.2. The first-order valence-electron chi connectivity index (χ1n) is 8.89. The van der Waals surface area contributed by atoms with E-state index in [0.717, 1.165) is 16.0 Å². The van der Waals surface area contributed by atoms with Crippen molar-refractivity contribution in [1.82, 2.24) is 20.2 Å². The van der Waals surface area contributed by atoms with Crippen LogP contribution in [0.15, 0.2) is 70.1 Å². The fraction of sp³-hybridized carbons (Fsp3) is 0.143. The van der Waals surface area contributed by atoms with E-state index in [1.807, 2.05) is 48.5 Å². The molecule has 4 rings (SSSR count). The lowest BCUT2D eigenvalue weighted by molar-refractivity contribution is 0.582. The van der Waals surface area contributed by atoms with Crippen molar-refractivity contribution in [3.8, 4) is 34.3 Å². The number of nitrogens with two attached hydrogens (primary N) is 1. The molecule has 0 saturated heterocycles. The van der Waals surface area contributed by atoms with Gasteiger partial charge in [0.2, 0.25) is 5.89 Å². The average molecular weight is 394 g/mol. The molecule has 144 valence electrons. The molecule has 4 aromatic rings. The highest BCUT2D eigenvalue weighted by Crippen LogP contribution is 2.34. The molecule has 0 aliphatic carbocycles. The third kappa shape index (κ3) is 3.75. The van der Waals surface area contributed by atoms with Crippen LogP contribution in [-0.2, 0) is 0 Å². The molecule has 0 atom stereocenters. The van der Waals surface area contributed by atoms with Crippen LogP contribution in [-0.4, -0.2) is 25.4 Å². The van der Waals surface area contributed by atoms with E-state index in [1.165, 1.54) is 0 Å². The molecule has 0 radical (unpaired) electrons. The average Bonchev–Trinajstić information content (AvgIpc) is 3.19. The third-order valence-electron chi connectivity index (χ3n) is 3.97. The summed E-state index contributed by atoms with van der Waals surface area (Å²) in [5.74, 6) is 0.915. The molecule has 2 aromatic carbocycles. The number of anilines is 1. The van der Waals surface area contributed by atoms with Crippen LogP contribution in [0.25, 0.3) is 34.3 Å². The van der Waals surface area contributed by atoms with Crippen molar-refractivity contribution in [2.45, 2.75) is 24.0 Å². The molecule has 2 N–H and O–H groups in total. The largest absolute Gasteiger partial charge is 0.414 e. The molecular formula is C21H23N5OS. The van der Waals surface area contributed by atoms with Crippen molar-refractivity contribution >= 4 is 17.6 Å². The Morgan fingerprint density at radius 1 is 0.964 bits per heavy atom. The molecule has 0 fully saturated rings. The zero-order valence-electron chi connectivity index (χ0n) is 15.5. The summed E-state index contributed by atoms with van der Waals surface area (Å²) in [7, 11) is 0. The summed E-state index contributed by atoms with van der Waals surface area (Å²) < 4.78 is 5.81. The fourth-order valence-electron chi connectivity index (χ4n) is 2.74. The van der Waals surface area contributed by atoms with Gasteiger partial charge in [-0.2, -0.15) is 0 Å². The summed E-state index contributed by atoms with van der Waals surface area (Å²) in [6, 6.07) is 17.7. The number of thioether (sulfide) groups is 1. The number of benzene rings is 2. The van der Waals surface area contributed by atoms with Crippen LogP contribution in [0.1, 0.15) is 16.7 Å². The van der Waals surface area contributed by atoms with E-state index >= 15 is 0 Å². The molecule has 0 unspecified atom stereocenters. The zero-order chi connectivity index (χ0) is 19.5. The van der Waals surface area contributed by atoms with Gasteiger partial charge in [0.25, 0.3) is 5.89 Å². The van der Waals surface area contributed by atoms with Gasteiger partial charge in [-0.25, -0.2) is 9.97 Å². The summed E-state index contributed by atoms with van der Waals surface area (Å²) in [6.45, 7) is 4.32. The van der Waals surface area contributed by atoms with Gasteiger partial charge in [0.1, 0.15) is 0 Å². The predicted molar refractivity (Wildman–Crippen MR) is 116 cm³/mol. The second-order valence-corrected chi connectivity index (χ2v) is 8.05. The van der Waals surface area contributed by atoms with Crippen LogP contribution in [0.5, 0.6) is 0 Å². The molecule has 0 aliphatic heterocycles. The molecule has 6 nitrogen and oxygen atoms in total. The molecule has 0 bridgehead atoms. The smallest absolute Gasteiger partial charge is 0.270 e. The minimum absolute atomic E-state index is 0. The van der Waals surface area contributed by atoms with Gasteiger partial charge in [-0.15, -0.1) is 22.0 Å². The van der Waals surface area contributed by atoms with Gasteiger partial charge in [-0.05, 0) is 18.2 Å². The van der Waals surface area contributed by atoms with E-state index in [4.69, 9.17) is 15.1 Å². The molecular weight excluding hydrogens is 370 g/mol. The Kier molecular flexibility index (Phi) is 5.08. The van der Waals surface area contributed by atoms with Gasteiger partial charge in [0.05, 0.1) is 11.9 Å². The summed E-state index contributed by atoms with van der Waals surface area (Å²) >= 11 is 1.78. The van der Waals surface area contributed by atoms with Crippen molar-refractivity contribution in [1.29, 1.82) is 0 Å². The first-order chi connectivity index (χ1) is 13.6. The lowest BCUT2D eigenvalue weighted by atomic mass is 10.1. The minimum atomic E-state index is 0. The van der Waals surface area contributed by atoms with Crippen molar-refractivity contribution in [2.24, 2.45) is 0 Å². The number of nitrogen functional groups attached to an aromatic ring is 1. The van der Waals surface area contributed by atoms with Gasteiger partial charge >= 0.3 is 0 Å². The molecule has 0 saturated carbocycles. The Morgan fingerprint density at radius 2 is 1.68 bits per heavy atom. The van der Waals surface area contributed by atoms with Crippen molar-refractivity contribution < 1.29 is 7.27 Å². The first-order valence-corrected chi connectivity index (χ1v) is 9.77. The Bertz CT molecular complexity index is 1110. The fourth-order valence-corrected chi connectivity index (χ4v) is 3.70. The molecule has 2 heterocycles. The highest BCUT2D eigenvalue weighted by molar-refractivity contribution is 8.00. The maximum absolute atomic E-state index is 6.06. The number of aromatic nitrogens is 4. The van der Waals surface area contributed by atoms with Gasteiger partial charge < -0.3 is 10.2 Å². The monoisotopic (exact) mass is 393 g/mol. The maximum atomic E-state index is 6.06. The SMILES string of the molecule is CC(C)Sc1ccccc1-c1cnc(N)c(-c2nnc(-c3ccccc3)o2)n1.[HH].[HH]. The normalized spacial score (nSPS) is 11.1. The third-order valence-corrected chi connectivity index (χ3v) is 5.06. The van der Waals surface area contributed by atoms with Crippen molar-refractivity contribution in [2.75, 3.05) is 5.73 Å². The summed E-state index contributed by atoms with van der Waals surface area (Å²) in [5, 5.41) is 8.69. The summed E-state index contributed by atoms with van der Waals surface area (Å²) in [4.78, 5) is 10.1. The number of nitrogens with zero attached hydrogens (tertiary/aromatic N) is 4. The zero-order valence-corrected chi connectivity index (χ0v) is 16.4. The standard InChI is InChI=1S/C21H19N5OS.2H2/c1-13(2)28-17-11-7-6-10-15(17)16-12-23-19(22)18(24-16)21-26-25-20(27-21)14-8-4-3-5-9-14;;/h3-13H,1-2H3,(H2,22,23);2*1H. The number of rotatable bonds is 5. The summed E-state index contributed by atoms with van der Waals surface area (Å²) in [5.41, 5.74) is 8.99. The molecule has 28 heavy (non-hydrogen) atoms. The topological polar surface area (TPSA) is 90.7 Å². The molecule has 0 aliphatic rings. The quantitative estimate of drug-likeness (QED) is 0.452. The van der Waals surface area contributed by atoms with E-state index in [1.54, 1.807) is 18.0 Å². The van der Waals surface area contributed by atoms with Crippen LogP contribution in [0.4, 0.5) is 5.82 Å². The molecule has 7 heteroatoms. The van der Waals surface area contributed by atoms with Crippen molar-refractivity contribution in [3.63, 3.8) is 0 Å². The Balaban J connectivity index is 0.00000160. The Morgan fingerprint density at radius 3 is 2.46 bits per heavy atom. The van der Waals surface area contributed by atoms with Crippen LogP contribution < -0.4 is 5.73 Å². The van der Waals surface area contributed by atoms with E-state index in [0.29, 0.717) is 22.5 Å². The van der Waals surface area contributed by atoms with E-state index < -0.39 is 0 Å². The van der Waals surface area contributed by atoms with Crippen LogP contribution in [0, 0.1) is 0 Å². The molecule has 0 spiro atoms. The second kappa shape index (κ2) is 7.82. The van der Waals surface area contributed by atoms with Gasteiger partial charge in [-0.3, -0.25) is 0 Å². The van der Waals surface area contributed by atoms with Crippen LogP contribution >= 0.6 is 11.8 Å². The highest BCUT2D eigenvalue weighted by Gasteiger charge is 2.18. The van der Waals surface area contributed by atoms with E-state index in [-0.39, 0.29) is 14.6 Å². The number of hydrogen-bond acceptors (Lipinski definition) is 7. The van der Waals surface area contributed by atoms with Crippen molar-refractivity contribution in [3.05, 3.63) is 60.8 Å². The van der Waals surface area contributed by atoms with Gasteiger partial charge in [0.15, 0.2) is 11.5 Å². The predicted octanol–water partition coefficient (Wildman–Crippen LogP) is 5.44. The Hall–Kier alpha value is -3.19.